The van der Waals surface area contributed by atoms with E-state index in [1.165, 1.54) is 0 Å². The number of nitrogens with two attached hydrogens (primary N) is 1. The maximum atomic E-state index is 12.0. The van der Waals surface area contributed by atoms with Crippen LogP contribution < -0.4 is 11.1 Å². The third kappa shape index (κ3) is 4.51. The fourth-order valence-corrected chi connectivity index (χ4v) is 2.26. The van der Waals surface area contributed by atoms with Gasteiger partial charge in [0.2, 0.25) is 0 Å². The molecule has 2 amide bonds. The third-order valence-electron chi connectivity index (χ3n) is 3.47. The first-order valence-electron chi connectivity index (χ1n) is 7.09. The lowest BCUT2D eigenvalue weighted by Crippen LogP contribution is -2.53. The molecule has 1 aromatic heterocycles. The van der Waals surface area contributed by atoms with Gasteiger partial charge in [0.05, 0.1) is 0 Å². The van der Waals surface area contributed by atoms with Crippen molar-refractivity contribution >= 4 is 11.8 Å². The summed E-state index contributed by atoms with van der Waals surface area (Å²) in [5.74, 6) is -1.03. The highest BCUT2D eigenvalue weighted by atomic mass is 16.2. The highest BCUT2D eigenvalue weighted by Gasteiger charge is 2.25. The van der Waals surface area contributed by atoms with E-state index < -0.39 is 11.8 Å². The van der Waals surface area contributed by atoms with Gasteiger partial charge in [-0.05, 0) is 11.6 Å². The molecule has 1 aliphatic heterocycles. The van der Waals surface area contributed by atoms with Gasteiger partial charge in [-0.1, -0.05) is 6.07 Å². The molecule has 7 heteroatoms. The maximum Gasteiger partial charge on any atom is 0.311 e. The summed E-state index contributed by atoms with van der Waals surface area (Å²) >= 11 is 0. The molecule has 1 saturated heterocycles. The Labute approximate surface area is 124 Å². The first-order chi connectivity index (χ1) is 10.2. The zero-order chi connectivity index (χ0) is 15.1. The number of nitrogens with one attached hydrogen (secondary N) is 1. The number of amides is 2. The molecule has 0 aromatic carbocycles. The molecule has 0 bridgehead atoms. The van der Waals surface area contributed by atoms with Crippen LogP contribution in [0.4, 0.5) is 0 Å². The van der Waals surface area contributed by atoms with Gasteiger partial charge in [0.1, 0.15) is 0 Å². The van der Waals surface area contributed by atoms with Crippen molar-refractivity contribution in [2.24, 2.45) is 5.73 Å². The second-order valence-electron chi connectivity index (χ2n) is 4.97. The SMILES string of the molecule is NCCN1CCN(C(=O)C(=O)NCc2cccnc2)CC1. The largest absolute Gasteiger partial charge is 0.344 e. The molecule has 3 N–H and O–H groups in total. The summed E-state index contributed by atoms with van der Waals surface area (Å²) in [6.07, 6.45) is 3.33. The fraction of sp³-hybridized carbons (Fsp3) is 0.500. The Hall–Kier alpha value is -1.99. The van der Waals surface area contributed by atoms with E-state index in [0.29, 0.717) is 26.2 Å². The lowest BCUT2D eigenvalue weighted by molar-refractivity contribution is -0.147. The van der Waals surface area contributed by atoms with Crippen LogP contribution in [0, 0.1) is 0 Å². The molecule has 0 aliphatic carbocycles. The van der Waals surface area contributed by atoms with E-state index in [4.69, 9.17) is 5.73 Å². The van der Waals surface area contributed by atoms with Crippen LogP contribution in [-0.2, 0) is 16.1 Å². The van der Waals surface area contributed by atoms with Gasteiger partial charge in [0, 0.05) is 58.2 Å². The standard InChI is InChI=1S/C14H21N5O2/c15-3-5-18-6-8-19(9-7-18)14(21)13(20)17-11-12-2-1-4-16-10-12/h1-2,4,10H,3,5-9,11,15H2,(H,17,20). The Morgan fingerprint density at radius 2 is 2.05 bits per heavy atom. The number of piperazine rings is 1. The summed E-state index contributed by atoms with van der Waals surface area (Å²) in [4.78, 5) is 31.6. The Bertz CT molecular complexity index is 472. The predicted molar refractivity (Wildman–Crippen MR) is 78.2 cm³/mol. The first-order valence-corrected chi connectivity index (χ1v) is 7.09. The Morgan fingerprint density at radius 1 is 1.29 bits per heavy atom. The van der Waals surface area contributed by atoms with Gasteiger partial charge in [-0.15, -0.1) is 0 Å². The lowest BCUT2D eigenvalue weighted by Gasteiger charge is -2.34. The Morgan fingerprint density at radius 3 is 2.67 bits per heavy atom. The number of carbonyl (C=O) groups is 2. The van der Waals surface area contributed by atoms with Gasteiger partial charge in [0.25, 0.3) is 0 Å². The van der Waals surface area contributed by atoms with Gasteiger partial charge in [0.15, 0.2) is 0 Å². The molecular formula is C14H21N5O2. The van der Waals surface area contributed by atoms with Crippen LogP contribution in [0.3, 0.4) is 0 Å². The van der Waals surface area contributed by atoms with E-state index in [-0.39, 0.29) is 0 Å². The smallest absolute Gasteiger partial charge is 0.311 e. The van der Waals surface area contributed by atoms with Crippen LogP contribution in [0.2, 0.25) is 0 Å². The second kappa shape index (κ2) is 7.70. The fourth-order valence-electron chi connectivity index (χ4n) is 2.26. The number of hydrogen-bond donors (Lipinski definition) is 2. The highest BCUT2D eigenvalue weighted by molar-refractivity contribution is 6.34. The molecule has 2 rings (SSSR count). The van der Waals surface area contributed by atoms with Gasteiger partial charge >= 0.3 is 11.8 Å². The minimum absolute atomic E-state index is 0.311. The highest BCUT2D eigenvalue weighted by Crippen LogP contribution is 2.02. The van der Waals surface area contributed by atoms with Crippen molar-refractivity contribution in [3.63, 3.8) is 0 Å². The van der Waals surface area contributed by atoms with Crippen molar-refractivity contribution < 1.29 is 9.59 Å². The van der Waals surface area contributed by atoms with Crippen LogP contribution in [-0.4, -0.2) is 65.9 Å². The third-order valence-corrected chi connectivity index (χ3v) is 3.47. The van der Waals surface area contributed by atoms with Crippen LogP contribution in [0.1, 0.15) is 5.56 Å². The van der Waals surface area contributed by atoms with Crippen LogP contribution in [0.5, 0.6) is 0 Å². The number of pyridine rings is 1. The summed E-state index contributed by atoms with van der Waals surface area (Å²) in [7, 11) is 0. The van der Waals surface area contributed by atoms with Gasteiger partial charge in [-0.2, -0.15) is 0 Å². The summed E-state index contributed by atoms with van der Waals surface area (Å²) in [6, 6.07) is 3.64. The lowest BCUT2D eigenvalue weighted by atomic mass is 10.2. The topological polar surface area (TPSA) is 91.6 Å². The van der Waals surface area contributed by atoms with Crippen molar-refractivity contribution in [1.82, 2.24) is 20.1 Å². The normalized spacial score (nSPS) is 15.8. The van der Waals surface area contributed by atoms with E-state index in [0.717, 1.165) is 25.2 Å². The minimum atomic E-state index is -0.564. The second-order valence-corrected chi connectivity index (χ2v) is 4.97. The van der Waals surface area contributed by atoms with E-state index in [9.17, 15) is 9.59 Å². The van der Waals surface area contributed by atoms with Crippen molar-refractivity contribution in [3.8, 4) is 0 Å². The molecule has 21 heavy (non-hydrogen) atoms. The van der Waals surface area contributed by atoms with Gasteiger partial charge < -0.3 is 16.0 Å². The van der Waals surface area contributed by atoms with E-state index in [2.05, 4.69) is 15.2 Å². The molecule has 7 nitrogen and oxygen atoms in total. The Balaban J connectivity index is 1.76. The summed E-state index contributed by atoms with van der Waals surface area (Å²) in [5.41, 5.74) is 6.37. The summed E-state index contributed by atoms with van der Waals surface area (Å²) in [5, 5.41) is 2.63. The number of aromatic nitrogens is 1. The monoisotopic (exact) mass is 291 g/mol. The average molecular weight is 291 g/mol. The molecule has 2 heterocycles. The molecule has 114 valence electrons. The predicted octanol–water partition coefficient (Wildman–Crippen LogP) is -1.20. The Kier molecular flexibility index (Phi) is 5.65. The average Bonchev–Trinajstić information content (AvgIpc) is 2.54. The number of rotatable bonds is 4. The van der Waals surface area contributed by atoms with Crippen LogP contribution in [0.25, 0.3) is 0 Å². The van der Waals surface area contributed by atoms with Gasteiger partial charge in [-0.3, -0.25) is 19.5 Å². The number of nitrogens with zero attached hydrogens (tertiary/aromatic N) is 3. The summed E-state index contributed by atoms with van der Waals surface area (Å²) < 4.78 is 0. The van der Waals surface area contributed by atoms with Crippen molar-refractivity contribution in [2.75, 3.05) is 39.3 Å². The van der Waals surface area contributed by atoms with Crippen LogP contribution >= 0.6 is 0 Å². The first kappa shape index (κ1) is 15.4. The number of hydrogen-bond acceptors (Lipinski definition) is 5. The zero-order valence-electron chi connectivity index (χ0n) is 12.0. The number of carbonyl (C=O) groups excluding carboxylic acids is 2. The van der Waals surface area contributed by atoms with Crippen molar-refractivity contribution in [1.29, 1.82) is 0 Å². The molecule has 1 aromatic rings. The molecule has 0 spiro atoms. The molecule has 1 aliphatic rings. The van der Waals surface area contributed by atoms with Crippen molar-refractivity contribution in [2.45, 2.75) is 6.54 Å². The quantitative estimate of drug-likeness (QED) is 0.680. The molecule has 0 radical (unpaired) electrons. The minimum Gasteiger partial charge on any atom is -0.344 e. The van der Waals surface area contributed by atoms with Crippen LogP contribution in [0.15, 0.2) is 24.5 Å². The van der Waals surface area contributed by atoms with E-state index in [1.54, 1.807) is 23.4 Å². The van der Waals surface area contributed by atoms with Crippen molar-refractivity contribution in [3.05, 3.63) is 30.1 Å². The molecule has 1 fully saturated rings. The zero-order valence-corrected chi connectivity index (χ0v) is 12.0. The molecule has 0 saturated carbocycles. The molecule has 0 unspecified atom stereocenters. The van der Waals surface area contributed by atoms with E-state index in [1.807, 2.05) is 6.07 Å². The van der Waals surface area contributed by atoms with Gasteiger partial charge in [-0.25, -0.2) is 0 Å². The van der Waals surface area contributed by atoms with E-state index >= 15 is 0 Å². The molecule has 0 atom stereocenters. The summed E-state index contributed by atoms with van der Waals surface area (Å²) in [6.45, 7) is 4.41. The maximum absolute atomic E-state index is 12.0. The molecular weight excluding hydrogens is 270 g/mol.